The average molecular weight is 400 g/mol. The van der Waals surface area contributed by atoms with Crippen LogP contribution in [0.3, 0.4) is 0 Å². The van der Waals surface area contributed by atoms with Crippen molar-refractivity contribution in [3.05, 3.63) is 62.8 Å². The van der Waals surface area contributed by atoms with Crippen molar-refractivity contribution in [2.75, 3.05) is 7.11 Å². The van der Waals surface area contributed by atoms with Crippen molar-refractivity contribution < 1.29 is 24.5 Å². The van der Waals surface area contributed by atoms with Crippen molar-refractivity contribution in [2.45, 2.75) is 0 Å². The minimum atomic E-state index is -1.09. The molecule has 0 unspecified atom stereocenters. The molecule has 150 valence electrons. The monoisotopic (exact) mass is 400 g/mol. The lowest BCUT2D eigenvalue weighted by molar-refractivity contribution is 0.0893. The van der Waals surface area contributed by atoms with E-state index < -0.39 is 28.7 Å². The number of aryl methyl sites for hydroxylation is 1. The second kappa shape index (κ2) is 7.11. The Bertz CT molecular complexity index is 1310. The number of benzene rings is 1. The SMILES string of the molecule is COc1cc(O)cc(C(=O)/C=C(/O)C(=O)n2cnc3c2c(=O)n(C)c(=O)n3C)c1. The van der Waals surface area contributed by atoms with Crippen LogP contribution < -0.4 is 16.0 Å². The maximum absolute atomic E-state index is 12.6. The molecule has 0 saturated carbocycles. The summed E-state index contributed by atoms with van der Waals surface area (Å²) < 4.78 is 7.57. The van der Waals surface area contributed by atoms with E-state index in [1.54, 1.807) is 0 Å². The van der Waals surface area contributed by atoms with Crippen LogP contribution in [0, 0.1) is 0 Å². The summed E-state index contributed by atoms with van der Waals surface area (Å²) in [6, 6.07) is 3.73. The number of carbonyl (C=O) groups is 2. The first-order chi connectivity index (χ1) is 13.6. The number of methoxy groups -OCH3 is 1. The quantitative estimate of drug-likeness (QED) is 0.357. The van der Waals surface area contributed by atoms with E-state index in [9.17, 15) is 29.4 Å². The molecule has 0 spiro atoms. The van der Waals surface area contributed by atoms with Gasteiger partial charge in [0.15, 0.2) is 22.7 Å². The molecule has 0 atom stereocenters. The maximum atomic E-state index is 12.6. The molecule has 0 saturated heterocycles. The first kappa shape index (κ1) is 19.6. The van der Waals surface area contributed by atoms with E-state index in [-0.39, 0.29) is 28.2 Å². The number of phenols is 1. The molecule has 0 radical (unpaired) electrons. The van der Waals surface area contributed by atoms with E-state index in [2.05, 4.69) is 4.98 Å². The number of aromatic hydroxyl groups is 1. The maximum Gasteiger partial charge on any atom is 0.332 e. The van der Waals surface area contributed by atoms with E-state index in [4.69, 9.17) is 4.74 Å². The number of ketones is 1. The molecule has 3 rings (SSSR count). The van der Waals surface area contributed by atoms with Gasteiger partial charge in [-0.15, -0.1) is 0 Å². The van der Waals surface area contributed by atoms with Gasteiger partial charge in [-0.25, -0.2) is 9.78 Å². The van der Waals surface area contributed by atoms with Crippen molar-refractivity contribution in [1.82, 2.24) is 18.7 Å². The lowest BCUT2D eigenvalue weighted by Gasteiger charge is -2.06. The van der Waals surface area contributed by atoms with Crippen molar-refractivity contribution in [3.63, 3.8) is 0 Å². The minimum absolute atomic E-state index is 0.0324. The molecule has 2 heterocycles. The number of aliphatic hydroxyl groups is 1. The van der Waals surface area contributed by atoms with Crippen molar-refractivity contribution in [1.29, 1.82) is 0 Å². The predicted octanol–water partition coefficient (Wildman–Crippen LogP) is 0.113. The number of aromatic nitrogens is 4. The minimum Gasteiger partial charge on any atom is -0.508 e. The number of ether oxygens (including phenoxy) is 1. The summed E-state index contributed by atoms with van der Waals surface area (Å²) in [6.07, 6.45) is 1.62. The average Bonchev–Trinajstić information content (AvgIpc) is 3.14. The number of allylic oxidation sites excluding steroid dienone is 2. The molecule has 29 heavy (non-hydrogen) atoms. The zero-order chi connectivity index (χ0) is 21.5. The summed E-state index contributed by atoms with van der Waals surface area (Å²) in [5.41, 5.74) is -1.73. The van der Waals surface area contributed by atoms with E-state index in [1.807, 2.05) is 0 Å². The lowest BCUT2D eigenvalue weighted by Crippen LogP contribution is -2.38. The number of phenolic OH excluding ortho intramolecular Hbond substituents is 1. The van der Waals surface area contributed by atoms with E-state index in [1.165, 1.54) is 33.3 Å². The number of fused-ring (bicyclic) bond motifs is 1. The molecule has 0 aliphatic carbocycles. The van der Waals surface area contributed by atoms with Crippen LogP contribution in [0.1, 0.15) is 15.2 Å². The molecule has 1 aromatic carbocycles. The molecular weight excluding hydrogens is 384 g/mol. The fourth-order valence-corrected chi connectivity index (χ4v) is 2.73. The van der Waals surface area contributed by atoms with Crippen molar-refractivity contribution in [3.8, 4) is 11.5 Å². The first-order valence-corrected chi connectivity index (χ1v) is 8.16. The Morgan fingerprint density at radius 3 is 2.48 bits per heavy atom. The van der Waals surface area contributed by atoms with Gasteiger partial charge in [0.05, 0.1) is 7.11 Å². The Kier molecular flexibility index (Phi) is 4.81. The second-order valence-electron chi connectivity index (χ2n) is 6.11. The first-order valence-electron chi connectivity index (χ1n) is 8.16. The zero-order valence-electron chi connectivity index (χ0n) is 15.6. The molecule has 11 nitrogen and oxygen atoms in total. The van der Waals surface area contributed by atoms with E-state index in [0.29, 0.717) is 6.08 Å². The number of hydrogen-bond donors (Lipinski definition) is 2. The third kappa shape index (κ3) is 3.29. The Labute approximate surface area is 162 Å². The van der Waals surface area contributed by atoms with Crippen LogP contribution in [0.2, 0.25) is 0 Å². The number of nitrogens with zero attached hydrogens (tertiary/aromatic N) is 4. The normalized spacial score (nSPS) is 11.6. The molecule has 2 N–H and O–H groups in total. The van der Waals surface area contributed by atoms with Crippen LogP contribution >= 0.6 is 0 Å². The third-order valence-corrected chi connectivity index (χ3v) is 4.26. The molecular formula is C18H16N4O7. The van der Waals surface area contributed by atoms with E-state index in [0.717, 1.165) is 26.1 Å². The van der Waals surface area contributed by atoms with Gasteiger partial charge in [-0.2, -0.15) is 0 Å². The third-order valence-electron chi connectivity index (χ3n) is 4.26. The van der Waals surface area contributed by atoms with Gasteiger partial charge in [-0.05, 0) is 12.1 Å². The number of imidazole rings is 1. The molecule has 3 aromatic rings. The highest BCUT2D eigenvalue weighted by molar-refractivity contribution is 6.10. The van der Waals surface area contributed by atoms with Gasteiger partial charge in [0.2, 0.25) is 0 Å². The summed E-state index contributed by atoms with van der Waals surface area (Å²) in [5.74, 6) is -2.87. The summed E-state index contributed by atoms with van der Waals surface area (Å²) in [6.45, 7) is 0. The molecule has 0 aliphatic rings. The van der Waals surface area contributed by atoms with Gasteiger partial charge in [0.1, 0.15) is 17.8 Å². The van der Waals surface area contributed by atoms with Crippen LogP contribution in [0.5, 0.6) is 11.5 Å². The highest BCUT2D eigenvalue weighted by Crippen LogP contribution is 2.22. The molecule has 0 fully saturated rings. The largest absolute Gasteiger partial charge is 0.508 e. The summed E-state index contributed by atoms with van der Waals surface area (Å²) in [7, 11) is 3.96. The number of carbonyl (C=O) groups excluding carboxylic acids is 2. The predicted molar refractivity (Wildman–Crippen MR) is 101 cm³/mol. The van der Waals surface area contributed by atoms with Crippen molar-refractivity contribution >= 4 is 22.9 Å². The number of rotatable bonds is 4. The Morgan fingerprint density at radius 2 is 1.83 bits per heavy atom. The number of aliphatic hydroxyl groups excluding tert-OH is 1. The van der Waals surface area contributed by atoms with Crippen LogP contribution in [0.25, 0.3) is 11.2 Å². The van der Waals surface area contributed by atoms with Crippen LogP contribution in [-0.4, -0.2) is 47.7 Å². The highest BCUT2D eigenvalue weighted by Gasteiger charge is 2.21. The van der Waals surface area contributed by atoms with Gasteiger partial charge in [-0.1, -0.05) is 0 Å². The van der Waals surface area contributed by atoms with Gasteiger partial charge >= 0.3 is 5.69 Å². The Hall–Kier alpha value is -4.15. The smallest absolute Gasteiger partial charge is 0.332 e. The molecule has 0 amide bonds. The molecule has 0 bridgehead atoms. The Morgan fingerprint density at radius 1 is 1.14 bits per heavy atom. The Balaban J connectivity index is 2.05. The summed E-state index contributed by atoms with van der Waals surface area (Å²) >= 11 is 0. The second-order valence-corrected chi connectivity index (χ2v) is 6.11. The summed E-state index contributed by atoms with van der Waals surface area (Å²) in [5, 5.41) is 19.8. The number of hydrogen-bond acceptors (Lipinski definition) is 8. The van der Waals surface area contributed by atoms with Crippen LogP contribution in [-0.2, 0) is 14.1 Å². The topological polar surface area (TPSA) is 146 Å². The van der Waals surface area contributed by atoms with Crippen LogP contribution in [0.15, 0.2) is 46.0 Å². The van der Waals surface area contributed by atoms with Gasteiger partial charge in [0, 0.05) is 31.8 Å². The lowest BCUT2D eigenvalue weighted by atomic mass is 10.1. The fraction of sp³-hybridized carbons (Fsp3) is 0.167. The van der Waals surface area contributed by atoms with Gasteiger partial charge in [0.25, 0.3) is 11.5 Å². The van der Waals surface area contributed by atoms with Gasteiger partial charge in [-0.3, -0.25) is 28.1 Å². The standard InChI is InChI=1S/C18H16N4O7/c1-20-15-14(17(27)21(2)18(20)28)22(8-19-15)16(26)13(25)7-12(24)9-4-10(23)6-11(5-9)29-3/h4-8,23,25H,1-3H3/b13-7+. The summed E-state index contributed by atoms with van der Waals surface area (Å²) in [4.78, 5) is 53.1. The molecule has 2 aromatic heterocycles. The fourth-order valence-electron chi connectivity index (χ4n) is 2.73. The molecule has 0 aliphatic heterocycles. The van der Waals surface area contributed by atoms with Crippen LogP contribution in [0.4, 0.5) is 0 Å². The zero-order valence-corrected chi connectivity index (χ0v) is 15.6. The van der Waals surface area contributed by atoms with Gasteiger partial charge < -0.3 is 14.9 Å². The molecule has 11 heteroatoms. The van der Waals surface area contributed by atoms with Crippen molar-refractivity contribution in [2.24, 2.45) is 14.1 Å². The van der Waals surface area contributed by atoms with E-state index >= 15 is 0 Å². The highest BCUT2D eigenvalue weighted by atomic mass is 16.5.